The van der Waals surface area contributed by atoms with Crippen LogP contribution in [0.3, 0.4) is 0 Å². The van der Waals surface area contributed by atoms with Crippen molar-refractivity contribution < 1.29 is 19.1 Å². The van der Waals surface area contributed by atoms with Gasteiger partial charge in [-0.25, -0.2) is 4.79 Å². The highest BCUT2D eigenvalue weighted by atomic mass is 32.1. The number of nitrogens with zero attached hydrogens (tertiary/aromatic N) is 2. The molecule has 3 aromatic rings. The van der Waals surface area contributed by atoms with Crippen LogP contribution in [-0.4, -0.2) is 27.9 Å². The maximum absolute atomic E-state index is 10.4. The number of hydrogen-bond acceptors (Lipinski definition) is 6. The molecule has 0 saturated carbocycles. The van der Waals surface area contributed by atoms with E-state index in [0.717, 1.165) is 10.4 Å². The normalized spacial score (nSPS) is 10.5. The molecule has 0 atom stereocenters. The summed E-state index contributed by atoms with van der Waals surface area (Å²) in [5.41, 5.74) is 0.744. The molecule has 106 valence electrons. The first-order chi connectivity index (χ1) is 10.2. The SMILES string of the molecule is O=C(O)COc1ccc(-c2nnc(-c3cccs3)o2)cc1. The molecule has 0 aliphatic carbocycles. The summed E-state index contributed by atoms with van der Waals surface area (Å²) < 4.78 is 10.7. The molecule has 0 aliphatic heterocycles. The van der Waals surface area contributed by atoms with Gasteiger partial charge in [-0.3, -0.25) is 0 Å². The molecule has 1 aromatic carbocycles. The number of ether oxygens (including phenoxy) is 1. The van der Waals surface area contributed by atoms with Gasteiger partial charge in [-0.2, -0.15) is 0 Å². The van der Waals surface area contributed by atoms with Crippen LogP contribution in [0.15, 0.2) is 46.2 Å². The number of hydrogen-bond donors (Lipinski definition) is 1. The first kappa shape index (κ1) is 13.3. The molecule has 7 heteroatoms. The lowest BCUT2D eigenvalue weighted by Crippen LogP contribution is -2.09. The second-order valence-electron chi connectivity index (χ2n) is 4.10. The van der Waals surface area contributed by atoms with Crippen LogP contribution in [0.2, 0.25) is 0 Å². The molecule has 0 aliphatic rings. The van der Waals surface area contributed by atoms with Gasteiger partial charge in [-0.1, -0.05) is 6.07 Å². The van der Waals surface area contributed by atoms with Crippen LogP contribution in [0, 0.1) is 0 Å². The van der Waals surface area contributed by atoms with E-state index in [9.17, 15) is 4.79 Å². The van der Waals surface area contributed by atoms with E-state index in [1.165, 1.54) is 11.3 Å². The predicted molar refractivity (Wildman–Crippen MR) is 76.2 cm³/mol. The van der Waals surface area contributed by atoms with Gasteiger partial charge in [-0.15, -0.1) is 21.5 Å². The Kier molecular flexibility index (Phi) is 3.65. The first-order valence-electron chi connectivity index (χ1n) is 6.05. The van der Waals surface area contributed by atoms with E-state index in [2.05, 4.69) is 10.2 Å². The number of carbonyl (C=O) groups is 1. The lowest BCUT2D eigenvalue weighted by atomic mass is 10.2. The molecule has 3 rings (SSSR count). The smallest absolute Gasteiger partial charge is 0.341 e. The van der Waals surface area contributed by atoms with Gasteiger partial charge < -0.3 is 14.3 Å². The Morgan fingerprint density at radius 1 is 1.19 bits per heavy atom. The monoisotopic (exact) mass is 302 g/mol. The summed E-state index contributed by atoms with van der Waals surface area (Å²) in [7, 11) is 0. The molecule has 1 N–H and O–H groups in total. The zero-order chi connectivity index (χ0) is 14.7. The maximum Gasteiger partial charge on any atom is 0.341 e. The van der Waals surface area contributed by atoms with Crippen LogP contribution < -0.4 is 4.74 Å². The Bertz CT molecular complexity index is 735. The van der Waals surface area contributed by atoms with Crippen molar-refractivity contribution in [3.8, 4) is 28.0 Å². The third-order valence-electron chi connectivity index (χ3n) is 2.62. The van der Waals surface area contributed by atoms with Crippen molar-refractivity contribution in [2.75, 3.05) is 6.61 Å². The highest BCUT2D eigenvalue weighted by Gasteiger charge is 2.11. The zero-order valence-corrected chi connectivity index (χ0v) is 11.5. The van der Waals surface area contributed by atoms with E-state index in [1.54, 1.807) is 24.3 Å². The molecular weight excluding hydrogens is 292 g/mol. The number of aliphatic carboxylic acids is 1. The highest BCUT2D eigenvalue weighted by molar-refractivity contribution is 7.13. The fourth-order valence-corrected chi connectivity index (χ4v) is 2.32. The molecule has 0 saturated heterocycles. The van der Waals surface area contributed by atoms with Gasteiger partial charge in [-0.05, 0) is 35.7 Å². The summed E-state index contributed by atoms with van der Waals surface area (Å²) >= 11 is 1.52. The lowest BCUT2D eigenvalue weighted by Gasteiger charge is -2.02. The molecule has 0 bridgehead atoms. The number of benzene rings is 1. The van der Waals surface area contributed by atoms with E-state index in [-0.39, 0.29) is 6.61 Å². The van der Waals surface area contributed by atoms with Gasteiger partial charge in [0.1, 0.15) is 5.75 Å². The first-order valence-corrected chi connectivity index (χ1v) is 6.93. The second kappa shape index (κ2) is 5.76. The van der Waals surface area contributed by atoms with E-state index in [1.807, 2.05) is 17.5 Å². The number of carboxylic acid groups (broad SMARTS) is 1. The van der Waals surface area contributed by atoms with E-state index < -0.39 is 5.97 Å². The summed E-state index contributed by atoms with van der Waals surface area (Å²) in [6, 6.07) is 10.6. The fraction of sp³-hybridized carbons (Fsp3) is 0.0714. The Morgan fingerprint density at radius 3 is 2.62 bits per heavy atom. The fourth-order valence-electron chi connectivity index (χ4n) is 1.68. The number of aromatic nitrogens is 2. The minimum atomic E-state index is -1.02. The van der Waals surface area contributed by atoms with Crippen molar-refractivity contribution in [3.63, 3.8) is 0 Å². The van der Waals surface area contributed by atoms with Crippen molar-refractivity contribution in [2.45, 2.75) is 0 Å². The standard InChI is InChI=1S/C14H10N2O4S/c17-12(18)8-19-10-5-3-9(4-6-10)13-15-16-14(20-13)11-2-1-7-21-11/h1-7H,8H2,(H,17,18). The Morgan fingerprint density at radius 2 is 1.95 bits per heavy atom. The molecule has 2 heterocycles. The van der Waals surface area contributed by atoms with Gasteiger partial charge in [0.05, 0.1) is 4.88 Å². The van der Waals surface area contributed by atoms with Gasteiger partial charge in [0.2, 0.25) is 5.89 Å². The third-order valence-corrected chi connectivity index (χ3v) is 3.48. The summed E-state index contributed by atoms with van der Waals surface area (Å²) in [4.78, 5) is 11.3. The number of carboxylic acids is 1. The Labute approximate surface area is 123 Å². The largest absolute Gasteiger partial charge is 0.482 e. The Balaban J connectivity index is 1.76. The summed E-state index contributed by atoms with van der Waals surface area (Å²) in [6.07, 6.45) is 0. The topological polar surface area (TPSA) is 85.5 Å². The molecule has 0 spiro atoms. The average molecular weight is 302 g/mol. The lowest BCUT2D eigenvalue weighted by molar-refractivity contribution is -0.139. The van der Waals surface area contributed by atoms with Crippen LogP contribution in [0.25, 0.3) is 22.2 Å². The quantitative estimate of drug-likeness (QED) is 0.780. The molecular formula is C14H10N2O4S. The van der Waals surface area contributed by atoms with Crippen LogP contribution in [-0.2, 0) is 4.79 Å². The number of rotatable bonds is 5. The molecule has 6 nitrogen and oxygen atoms in total. The van der Waals surface area contributed by atoms with Crippen molar-refractivity contribution in [1.29, 1.82) is 0 Å². The van der Waals surface area contributed by atoms with Crippen molar-refractivity contribution in [2.24, 2.45) is 0 Å². The minimum absolute atomic E-state index is 0.373. The molecule has 0 unspecified atom stereocenters. The molecule has 0 fully saturated rings. The van der Waals surface area contributed by atoms with Crippen LogP contribution in [0.4, 0.5) is 0 Å². The minimum Gasteiger partial charge on any atom is -0.482 e. The molecule has 21 heavy (non-hydrogen) atoms. The van der Waals surface area contributed by atoms with E-state index in [4.69, 9.17) is 14.3 Å². The number of thiophene rings is 1. The van der Waals surface area contributed by atoms with Crippen molar-refractivity contribution >= 4 is 17.3 Å². The van der Waals surface area contributed by atoms with Gasteiger partial charge in [0, 0.05) is 5.56 Å². The van der Waals surface area contributed by atoms with Crippen LogP contribution in [0.1, 0.15) is 0 Å². The van der Waals surface area contributed by atoms with Gasteiger partial charge in [0.25, 0.3) is 5.89 Å². The van der Waals surface area contributed by atoms with Gasteiger partial charge in [0.15, 0.2) is 6.61 Å². The van der Waals surface area contributed by atoms with E-state index in [0.29, 0.717) is 17.5 Å². The zero-order valence-electron chi connectivity index (χ0n) is 10.7. The second-order valence-corrected chi connectivity index (χ2v) is 5.04. The summed E-state index contributed by atoms with van der Waals surface area (Å²) in [5.74, 6) is 0.338. The van der Waals surface area contributed by atoms with Crippen LogP contribution >= 0.6 is 11.3 Å². The molecule has 0 amide bonds. The molecule has 0 radical (unpaired) electrons. The highest BCUT2D eigenvalue weighted by Crippen LogP contribution is 2.27. The van der Waals surface area contributed by atoms with Gasteiger partial charge >= 0.3 is 5.97 Å². The Hall–Kier alpha value is -2.67. The van der Waals surface area contributed by atoms with E-state index >= 15 is 0 Å². The third kappa shape index (κ3) is 3.09. The van der Waals surface area contributed by atoms with Crippen molar-refractivity contribution in [1.82, 2.24) is 10.2 Å². The average Bonchev–Trinajstić information content (AvgIpc) is 3.16. The summed E-state index contributed by atoms with van der Waals surface area (Å²) in [5, 5.41) is 18.5. The maximum atomic E-state index is 10.4. The summed E-state index contributed by atoms with van der Waals surface area (Å²) in [6.45, 7) is -0.373. The van der Waals surface area contributed by atoms with Crippen molar-refractivity contribution in [3.05, 3.63) is 41.8 Å². The predicted octanol–water partition coefficient (Wildman–Crippen LogP) is 2.93. The molecule has 2 aromatic heterocycles. The van der Waals surface area contributed by atoms with Crippen LogP contribution in [0.5, 0.6) is 5.75 Å².